The summed E-state index contributed by atoms with van der Waals surface area (Å²) in [5.41, 5.74) is 15.9. The molecule has 1 aliphatic rings. The third-order valence-corrected chi connectivity index (χ3v) is 7.49. The summed E-state index contributed by atoms with van der Waals surface area (Å²) in [5.74, 6) is -0.390. The molecule has 196 valence electrons. The van der Waals surface area contributed by atoms with Crippen LogP contribution >= 0.6 is 0 Å². The maximum atomic E-state index is 13.4. The van der Waals surface area contributed by atoms with Crippen LogP contribution in [-0.4, -0.2) is 27.8 Å². The van der Waals surface area contributed by atoms with Gasteiger partial charge in [0.25, 0.3) is 5.91 Å². The summed E-state index contributed by atoms with van der Waals surface area (Å²) in [5, 5.41) is 5.51. The summed E-state index contributed by atoms with van der Waals surface area (Å²) < 4.78 is 0. The average molecular weight is 518 g/mol. The van der Waals surface area contributed by atoms with Crippen molar-refractivity contribution in [2.24, 2.45) is 5.73 Å². The lowest BCUT2D eigenvalue weighted by Gasteiger charge is -2.20. The Hall–Kier alpha value is -4.65. The largest absolute Gasteiger partial charge is 0.383 e. The minimum Gasteiger partial charge on any atom is -0.383 e. The van der Waals surface area contributed by atoms with Gasteiger partial charge < -0.3 is 20.9 Å². The topological polar surface area (TPSA) is 104 Å². The fourth-order valence-electron chi connectivity index (χ4n) is 5.75. The number of amides is 2. The van der Waals surface area contributed by atoms with Crippen molar-refractivity contribution in [3.05, 3.63) is 88.7 Å². The van der Waals surface area contributed by atoms with Crippen LogP contribution in [0.4, 0.5) is 11.4 Å². The minimum absolute atomic E-state index is 0.00807. The van der Waals surface area contributed by atoms with Gasteiger partial charge in [0.15, 0.2) is 0 Å². The second-order valence-corrected chi connectivity index (χ2v) is 10.7. The summed E-state index contributed by atoms with van der Waals surface area (Å²) in [4.78, 5) is 35.2. The minimum atomic E-state index is -0.382. The molecule has 0 bridgehead atoms. The molecule has 2 amide bonds. The van der Waals surface area contributed by atoms with Gasteiger partial charge in [-0.05, 0) is 68.1 Å². The van der Waals surface area contributed by atoms with E-state index < -0.39 is 0 Å². The molecule has 6 rings (SSSR count). The molecule has 4 N–H and O–H groups in total. The number of hydrogen-bond acceptors (Lipinski definition) is 4. The van der Waals surface area contributed by atoms with Gasteiger partial charge in [0.2, 0.25) is 5.91 Å². The van der Waals surface area contributed by atoms with Crippen molar-refractivity contribution < 1.29 is 9.59 Å². The summed E-state index contributed by atoms with van der Waals surface area (Å²) in [7, 11) is 0. The number of pyridine rings is 1. The smallest absolute Gasteiger partial charge is 0.258 e. The standard InChI is InChI=1S/C32H31N5O2/c1-17(2)35-22-7-10-25-27(13-22)36-31-20(12-29(33)38)6-9-24(30(25)31)26-14-34-15-28(19(26)4)37-16-21-11-18(3)5-8-23(21)32(37)39/h5-11,13-15,17,35-36H,12,16H2,1-4H3,(H2,33,38). The lowest BCUT2D eigenvalue weighted by molar-refractivity contribution is -0.117. The summed E-state index contributed by atoms with van der Waals surface area (Å²) in [6.07, 6.45) is 3.76. The van der Waals surface area contributed by atoms with Crippen LogP contribution in [0.2, 0.25) is 0 Å². The molecule has 0 unspecified atom stereocenters. The van der Waals surface area contributed by atoms with E-state index in [9.17, 15) is 9.59 Å². The molecule has 3 aromatic carbocycles. The van der Waals surface area contributed by atoms with Gasteiger partial charge in [-0.15, -0.1) is 0 Å². The van der Waals surface area contributed by atoms with Crippen molar-refractivity contribution in [1.29, 1.82) is 0 Å². The molecule has 0 fully saturated rings. The first kappa shape index (κ1) is 24.7. The number of nitrogens with two attached hydrogens (primary N) is 1. The van der Waals surface area contributed by atoms with Gasteiger partial charge >= 0.3 is 0 Å². The van der Waals surface area contributed by atoms with Crippen molar-refractivity contribution in [2.45, 2.75) is 46.7 Å². The molecule has 0 saturated heterocycles. The Morgan fingerprint density at radius 1 is 1.05 bits per heavy atom. The zero-order valence-electron chi connectivity index (χ0n) is 22.6. The number of carbonyl (C=O) groups is 2. The lowest BCUT2D eigenvalue weighted by atomic mass is 9.94. The van der Waals surface area contributed by atoms with E-state index in [4.69, 9.17) is 5.73 Å². The lowest BCUT2D eigenvalue weighted by Crippen LogP contribution is -2.24. The van der Waals surface area contributed by atoms with E-state index >= 15 is 0 Å². The van der Waals surface area contributed by atoms with Crippen molar-refractivity contribution in [3.63, 3.8) is 0 Å². The Morgan fingerprint density at radius 2 is 1.85 bits per heavy atom. The number of aryl methyl sites for hydroxylation is 1. The maximum Gasteiger partial charge on any atom is 0.258 e. The van der Waals surface area contributed by atoms with Gasteiger partial charge in [-0.3, -0.25) is 14.6 Å². The molecular formula is C32H31N5O2. The highest BCUT2D eigenvalue weighted by Crippen LogP contribution is 2.41. The van der Waals surface area contributed by atoms with E-state index in [-0.39, 0.29) is 18.2 Å². The van der Waals surface area contributed by atoms with Crippen LogP contribution in [0.15, 0.2) is 60.9 Å². The number of anilines is 2. The van der Waals surface area contributed by atoms with Crippen LogP contribution in [-0.2, 0) is 17.8 Å². The number of nitrogens with one attached hydrogen (secondary N) is 2. The number of carbonyl (C=O) groups excluding carboxylic acids is 2. The van der Waals surface area contributed by atoms with E-state index in [0.717, 1.165) is 72.1 Å². The van der Waals surface area contributed by atoms with Crippen LogP contribution in [0.25, 0.3) is 32.9 Å². The molecule has 5 aromatic rings. The predicted octanol–water partition coefficient (Wildman–Crippen LogP) is 6.01. The maximum absolute atomic E-state index is 13.4. The van der Waals surface area contributed by atoms with Crippen molar-refractivity contribution in [1.82, 2.24) is 9.97 Å². The highest BCUT2D eigenvalue weighted by Gasteiger charge is 2.30. The number of aromatic amines is 1. The Labute approximate surface area is 227 Å². The fraction of sp³-hybridized carbons (Fsp3) is 0.219. The molecule has 0 atom stereocenters. The van der Waals surface area contributed by atoms with Crippen molar-refractivity contribution in [2.75, 3.05) is 10.2 Å². The van der Waals surface area contributed by atoms with E-state index in [0.29, 0.717) is 12.6 Å². The summed E-state index contributed by atoms with van der Waals surface area (Å²) in [6, 6.07) is 16.5. The van der Waals surface area contributed by atoms with E-state index in [2.05, 4.69) is 53.4 Å². The fourth-order valence-corrected chi connectivity index (χ4v) is 5.75. The highest BCUT2D eigenvalue weighted by atomic mass is 16.2. The average Bonchev–Trinajstić information content (AvgIpc) is 3.41. The SMILES string of the molecule is Cc1ccc2c(c1)CN(c1cncc(-c3ccc(CC(N)=O)c4[nH]c5cc(NC(C)C)ccc5c34)c1C)C2=O. The first-order valence-electron chi connectivity index (χ1n) is 13.2. The Bertz CT molecular complexity index is 1800. The molecule has 7 nitrogen and oxygen atoms in total. The van der Waals surface area contributed by atoms with Crippen molar-refractivity contribution in [3.8, 4) is 11.1 Å². The number of benzene rings is 3. The normalized spacial score (nSPS) is 13.1. The first-order chi connectivity index (χ1) is 18.7. The molecule has 1 aliphatic heterocycles. The third-order valence-electron chi connectivity index (χ3n) is 7.49. The van der Waals surface area contributed by atoms with Gasteiger partial charge in [0, 0.05) is 45.3 Å². The summed E-state index contributed by atoms with van der Waals surface area (Å²) in [6.45, 7) is 8.80. The molecule has 0 spiro atoms. The van der Waals surface area contributed by atoms with Crippen LogP contribution in [0.3, 0.4) is 0 Å². The second-order valence-electron chi connectivity index (χ2n) is 10.7. The van der Waals surface area contributed by atoms with Crippen molar-refractivity contribution >= 4 is 45.0 Å². The number of primary amides is 1. The molecule has 0 aliphatic carbocycles. The molecule has 0 saturated carbocycles. The molecule has 3 heterocycles. The quantitative estimate of drug-likeness (QED) is 0.257. The number of H-pyrrole nitrogens is 1. The Kier molecular flexibility index (Phi) is 5.87. The highest BCUT2D eigenvalue weighted by molar-refractivity contribution is 6.17. The third kappa shape index (κ3) is 4.20. The summed E-state index contributed by atoms with van der Waals surface area (Å²) >= 11 is 0. The zero-order valence-corrected chi connectivity index (χ0v) is 22.6. The number of nitrogens with zero attached hydrogens (tertiary/aromatic N) is 2. The van der Waals surface area contributed by atoms with Gasteiger partial charge in [-0.25, -0.2) is 0 Å². The Morgan fingerprint density at radius 3 is 2.62 bits per heavy atom. The molecule has 2 aromatic heterocycles. The van der Waals surface area contributed by atoms with Gasteiger partial charge in [-0.2, -0.15) is 0 Å². The van der Waals surface area contributed by atoms with Crippen LogP contribution in [0.1, 0.15) is 46.5 Å². The first-order valence-corrected chi connectivity index (χ1v) is 13.2. The number of hydrogen-bond donors (Lipinski definition) is 3. The van der Waals surface area contributed by atoms with E-state index in [1.165, 1.54) is 0 Å². The Balaban J connectivity index is 1.52. The van der Waals surface area contributed by atoms with Crippen LogP contribution in [0, 0.1) is 13.8 Å². The van der Waals surface area contributed by atoms with Gasteiger partial charge in [0.1, 0.15) is 0 Å². The zero-order chi connectivity index (χ0) is 27.4. The molecule has 7 heteroatoms. The number of fused-ring (bicyclic) bond motifs is 4. The van der Waals surface area contributed by atoms with Crippen LogP contribution < -0.4 is 16.0 Å². The number of aromatic nitrogens is 2. The van der Waals surface area contributed by atoms with E-state index in [1.807, 2.05) is 49.2 Å². The monoisotopic (exact) mass is 517 g/mol. The van der Waals surface area contributed by atoms with Gasteiger partial charge in [-0.1, -0.05) is 35.9 Å². The number of rotatable bonds is 6. The van der Waals surface area contributed by atoms with Gasteiger partial charge in [0.05, 0.1) is 30.4 Å². The molecule has 0 radical (unpaired) electrons. The van der Waals surface area contributed by atoms with Crippen LogP contribution in [0.5, 0.6) is 0 Å². The predicted molar refractivity (Wildman–Crippen MR) is 157 cm³/mol. The van der Waals surface area contributed by atoms with E-state index in [1.54, 1.807) is 6.20 Å². The molecule has 39 heavy (non-hydrogen) atoms. The second kappa shape index (κ2) is 9.27. The molecular weight excluding hydrogens is 486 g/mol.